The lowest BCUT2D eigenvalue weighted by molar-refractivity contribution is -0.138. The van der Waals surface area contributed by atoms with Crippen LogP contribution in [0.5, 0.6) is 5.75 Å². The fourth-order valence-electron chi connectivity index (χ4n) is 2.35. The maximum Gasteiger partial charge on any atom is 0.239 e. The predicted octanol–water partition coefficient (Wildman–Crippen LogP) is 2.89. The molecule has 2 aromatic carbocycles. The minimum atomic E-state index is -1.23. The number of amides is 2. The van der Waals surface area contributed by atoms with Crippen LogP contribution in [0.1, 0.15) is 25.0 Å². The van der Waals surface area contributed by atoms with Gasteiger partial charge in [0.05, 0.1) is 18.7 Å². The molecule has 140 valence electrons. The van der Waals surface area contributed by atoms with Crippen molar-refractivity contribution in [2.75, 3.05) is 19.0 Å². The van der Waals surface area contributed by atoms with Gasteiger partial charge in [0.25, 0.3) is 0 Å². The Balaban J connectivity index is 1.88. The lowest BCUT2D eigenvalue weighted by Gasteiger charge is -2.22. The first-order valence-electron chi connectivity index (χ1n) is 8.59. The molecule has 0 heterocycles. The molecule has 0 atom stereocenters. The Labute approximate surface area is 159 Å². The normalized spacial score (nSPS) is 10.6. The average Bonchev–Trinajstić information content (AvgIpc) is 2.68. The summed E-state index contributed by atoms with van der Waals surface area (Å²) in [5.74, 6) is 0.0275. The topological polar surface area (TPSA) is 91.2 Å². The molecule has 0 bridgehead atoms. The first-order chi connectivity index (χ1) is 12.9. The van der Waals surface area contributed by atoms with E-state index in [2.05, 4.69) is 10.6 Å². The summed E-state index contributed by atoms with van der Waals surface area (Å²) in [6.45, 7) is 3.59. The Morgan fingerprint density at radius 3 is 2.22 bits per heavy atom. The number of benzene rings is 2. The van der Waals surface area contributed by atoms with Crippen molar-refractivity contribution in [3.05, 3.63) is 59.7 Å². The van der Waals surface area contributed by atoms with Crippen molar-refractivity contribution < 1.29 is 14.3 Å². The molecule has 0 aliphatic rings. The molecular weight excluding hydrogens is 342 g/mol. The third kappa shape index (κ3) is 5.32. The van der Waals surface area contributed by atoms with E-state index in [0.717, 1.165) is 11.3 Å². The minimum Gasteiger partial charge on any atom is -0.497 e. The number of hydrogen-bond donors (Lipinski definition) is 2. The molecule has 0 aromatic heterocycles. The van der Waals surface area contributed by atoms with Gasteiger partial charge in [-0.25, -0.2) is 0 Å². The van der Waals surface area contributed by atoms with Crippen LogP contribution in [0.3, 0.4) is 0 Å². The van der Waals surface area contributed by atoms with Crippen molar-refractivity contribution in [3.63, 3.8) is 0 Å². The number of hydrogen-bond acceptors (Lipinski definition) is 4. The van der Waals surface area contributed by atoms with Gasteiger partial charge in [0.1, 0.15) is 11.2 Å². The summed E-state index contributed by atoms with van der Waals surface area (Å²) in [4.78, 5) is 24.9. The molecule has 0 radical (unpaired) electrons. The number of nitrogens with zero attached hydrogens (tertiary/aromatic N) is 1. The number of ether oxygens (including phenoxy) is 1. The predicted molar refractivity (Wildman–Crippen MR) is 103 cm³/mol. The van der Waals surface area contributed by atoms with E-state index in [-0.39, 0.29) is 5.91 Å². The molecule has 0 aliphatic carbocycles. The molecular formula is C21H23N3O3. The van der Waals surface area contributed by atoms with Crippen LogP contribution in [0, 0.1) is 16.7 Å². The van der Waals surface area contributed by atoms with Crippen molar-refractivity contribution in [1.82, 2.24) is 5.32 Å². The Hall–Kier alpha value is -3.33. The number of carbonyl (C=O) groups excluding carboxylic acids is 2. The molecule has 0 spiro atoms. The molecule has 2 N–H and O–H groups in total. The maximum atomic E-state index is 12.5. The van der Waals surface area contributed by atoms with Crippen LogP contribution < -0.4 is 15.4 Å². The Morgan fingerprint density at radius 1 is 1.04 bits per heavy atom. The number of nitriles is 1. The van der Waals surface area contributed by atoms with E-state index in [1.807, 2.05) is 30.3 Å². The Kier molecular flexibility index (Phi) is 6.56. The molecule has 0 unspecified atom stereocenters. The van der Waals surface area contributed by atoms with Crippen molar-refractivity contribution in [2.24, 2.45) is 5.41 Å². The second-order valence-electron chi connectivity index (χ2n) is 6.62. The van der Waals surface area contributed by atoms with E-state index in [4.69, 9.17) is 10.00 Å². The highest BCUT2D eigenvalue weighted by molar-refractivity contribution is 6.09. The van der Waals surface area contributed by atoms with E-state index in [9.17, 15) is 9.59 Å². The first kappa shape index (κ1) is 20.0. The summed E-state index contributed by atoms with van der Waals surface area (Å²) in [6, 6.07) is 16.1. The molecule has 0 aliphatic heterocycles. The van der Waals surface area contributed by atoms with Crippen molar-refractivity contribution in [3.8, 4) is 11.8 Å². The maximum absolute atomic E-state index is 12.5. The highest BCUT2D eigenvalue weighted by Gasteiger charge is 2.35. The van der Waals surface area contributed by atoms with Gasteiger partial charge in [0.2, 0.25) is 11.8 Å². The molecule has 0 saturated carbocycles. The van der Waals surface area contributed by atoms with Gasteiger partial charge >= 0.3 is 0 Å². The summed E-state index contributed by atoms with van der Waals surface area (Å²) >= 11 is 0. The third-order valence-electron chi connectivity index (χ3n) is 4.27. The van der Waals surface area contributed by atoms with Gasteiger partial charge in [-0.05, 0) is 62.2 Å². The van der Waals surface area contributed by atoms with Gasteiger partial charge in [0.15, 0.2) is 0 Å². The van der Waals surface area contributed by atoms with Gasteiger partial charge in [-0.1, -0.05) is 12.1 Å². The zero-order valence-corrected chi connectivity index (χ0v) is 15.7. The Bertz CT molecular complexity index is 834. The number of rotatable bonds is 7. The van der Waals surface area contributed by atoms with Crippen LogP contribution in [-0.2, 0) is 16.0 Å². The minimum absolute atomic E-state index is 0.345. The van der Waals surface area contributed by atoms with Gasteiger partial charge in [-0.2, -0.15) is 5.26 Å². The molecule has 2 rings (SSSR count). The van der Waals surface area contributed by atoms with E-state index >= 15 is 0 Å². The number of anilines is 1. The molecule has 0 saturated heterocycles. The first-order valence-corrected chi connectivity index (χ1v) is 8.59. The van der Waals surface area contributed by atoms with Crippen LogP contribution in [-0.4, -0.2) is 25.5 Å². The van der Waals surface area contributed by atoms with Crippen LogP contribution in [0.15, 0.2) is 48.5 Å². The Morgan fingerprint density at radius 2 is 1.67 bits per heavy atom. The summed E-state index contributed by atoms with van der Waals surface area (Å²) in [7, 11) is 1.61. The summed E-state index contributed by atoms with van der Waals surface area (Å²) < 4.78 is 5.11. The van der Waals surface area contributed by atoms with E-state index < -0.39 is 11.3 Å². The van der Waals surface area contributed by atoms with Crippen LogP contribution in [0.2, 0.25) is 0 Å². The summed E-state index contributed by atoms with van der Waals surface area (Å²) in [5.41, 5.74) is 0.881. The zero-order chi connectivity index (χ0) is 19.9. The molecule has 0 fully saturated rings. The standard InChI is InChI=1S/C21H23N3O3/c1-21(2,20(26)24-17-8-4-16(14-22)5-9-17)19(25)23-13-12-15-6-10-18(27-3)11-7-15/h4-11H,12-13H2,1-3H3,(H,23,25)(H,24,26). The molecule has 6 heteroatoms. The van der Waals surface area contributed by atoms with E-state index in [1.165, 1.54) is 0 Å². The van der Waals surface area contributed by atoms with Gasteiger partial charge in [0, 0.05) is 12.2 Å². The van der Waals surface area contributed by atoms with Crippen LogP contribution in [0.4, 0.5) is 5.69 Å². The highest BCUT2D eigenvalue weighted by Crippen LogP contribution is 2.19. The molecule has 2 aromatic rings. The van der Waals surface area contributed by atoms with E-state index in [1.54, 1.807) is 45.2 Å². The zero-order valence-electron chi connectivity index (χ0n) is 15.7. The SMILES string of the molecule is COc1ccc(CCNC(=O)C(C)(C)C(=O)Nc2ccc(C#N)cc2)cc1. The molecule has 2 amide bonds. The molecule has 6 nitrogen and oxygen atoms in total. The van der Waals surface area contributed by atoms with Gasteiger partial charge in [-0.15, -0.1) is 0 Å². The number of carbonyl (C=O) groups is 2. The van der Waals surface area contributed by atoms with Gasteiger partial charge in [-0.3, -0.25) is 9.59 Å². The summed E-state index contributed by atoms with van der Waals surface area (Å²) in [6.07, 6.45) is 0.656. The molecule has 27 heavy (non-hydrogen) atoms. The lowest BCUT2D eigenvalue weighted by atomic mass is 9.90. The second-order valence-corrected chi connectivity index (χ2v) is 6.62. The monoisotopic (exact) mass is 365 g/mol. The van der Waals surface area contributed by atoms with Crippen molar-refractivity contribution >= 4 is 17.5 Å². The largest absolute Gasteiger partial charge is 0.497 e. The van der Waals surface area contributed by atoms with Crippen LogP contribution in [0.25, 0.3) is 0 Å². The van der Waals surface area contributed by atoms with Gasteiger partial charge < -0.3 is 15.4 Å². The number of methoxy groups -OCH3 is 1. The van der Waals surface area contributed by atoms with Crippen molar-refractivity contribution in [1.29, 1.82) is 5.26 Å². The van der Waals surface area contributed by atoms with Crippen molar-refractivity contribution in [2.45, 2.75) is 20.3 Å². The fourth-order valence-corrected chi connectivity index (χ4v) is 2.35. The highest BCUT2D eigenvalue weighted by atomic mass is 16.5. The average molecular weight is 365 g/mol. The lowest BCUT2D eigenvalue weighted by Crippen LogP contribution is -2.45. The fraction of sp³-hybridized carbons (Fsp3) is 0.286. The van der Waals surface area contributed by atoms with Crippen LogP contribution >= 0.6 is 0 Å². The number of nitrogens with one attached hydrogen (secondary N) is 2. The quantitative estimate of drug-likeness (QED) is 0.738. The summed E-state index contributed by atoms with van der Waals surface area (Å²) in [5, 5.41) is 14.3. The second kappa shape index (κ2) is 8.86. The third-order valence-corrected chi connectivity index (χ3v) is 4.27. The van der Waals surface area contributed by atoms with E-state index in [0.29, 0.717) is 24.2 Å². The smallest absolute Gasteiger partial charge is 0.239 e.